The first-order chi connectivity index (χ1) is 11.3. The molecule has 3 rings (SSSR count). The van der Waals surface area contributed by atoms with E-state index in [1.54, 1.807) is 18.0 Å². The van der Waals surface area contributed by atoms with E-state index in [1.165, 1.54) is 5.56 Å². The summed E-state index contributed by atoms with van der Waals surface area (Å²) in [6.07, 6.45) is 2.15. The van der Waals surface area contributed by atoms with Crippen molar-refractivity contribution in [2.75, 3.05) is 5.75 Å². The minimum absolute atomic E-state index is 0.489. The Kier molecular flexibility index (Phi) is 4.79. The van der Waals surface area contributed by atoms with Gasteiger partial charge in [-0.25, -0.2) is 0 Å². The molecule has 0 atom stereocenters. The van der Waals surface area contributed by atoms with E-state index < -0.39 is 0 Å². The highest BCUT2D eigenvalue weighted by Gasteiger charge is 2.17. The van der Waals surface area contributed by atoms with E-state index in [0.29, 0.717) is 18.7 Å². The summed E-state index contributed by atoms with van der Waals surface area (Å²) < 4.78 is 7.48. The highest BCUT2D eigenvalue weighted by atomic mass is 32.2. The van der Waals surface area contributed by atoms with Crippen LogP contribution in [0.2, 0.25) is 0 Å². The first kappa shape index (κ1) is 15.4. The van der Waals surface area contributed by atoms with E-state index in [2.05, 4.69) is 33.0 Å². The van der Waals surface area contributed by atoms with Crippen molar-refractivity contribution in [2.24, 2.45) is 0 Å². The first-order valence-electron chi connectivity index (χ1n) is 7.31. The number of aryl methyl sites for hydroxylation is 1. The van der Waals surface area contributed by atoms with Crippen LogP contribution in [0.15, 0.2) is 52.2 Å². The van der Waals surface area contributed by atoms with Crippen LogP contribution in [0.25, 0.3) is 11.4 Å². The van der Waals surface area contributed by atoms with Crippen LogP contribution in [-0.4, -0.2) is 20.5 Å². The molecule has 0 bridgehead atoms. The Hall–Kier alpha value is -2.52. The van der Waals surface area contributed by atoms with Gasteiger partial charge in [0.2, 0.25) is 0 Å². The number of thioether (sulfide) groups is 1. The van der Waals surface area contributed by atoms with Gasteiger partial charge in [0.15, 0.2) is 11.0 Å². The number of aromatic nitrogens is 3. The number of rotatable bonds is 6. The number of hydrogen-bond donors (Lipinski definition) is 0. The van der Waals surface area contributed by atoms with E-state index >= 15 is 0 Å². The maximum Gasteiger partial charge on any atom is 0.191 e. The van der Waals surface area contributed by atoms with Gasteiger partial charge in [0.05, 0.1) is 24.4 Å². The predicted octanol–water partition coefficient (Wildman–Crippen LogP) is 3.90. The number of nitriles is 1. The van der Waals surface area contributed by atoms with Crippen molar-refractivity contribution >= 4 is 11.8 Å². The third kappa shape index (κ3) is 3.46. The fraction of sp³-hybridized carbons (Fsp3) is 0.235. The van der Waals surface area contributed by atoms with Gasteiger partial charge >= 0.3 is 0 Å². The second-order valence-corrected chi connectivity index (χ2v) is 6.09. The SMILES string of the molecule is Cc1occc1-c1nnc(SCCC#N)n1Cc1ccccc1. The zero-order valence-corrected chi connectivity index (χ0v) is 13.6. The maximum absolute atomic E-state index is 8.72. The fourth-order valence-electron chi connectivity index (χ4n) is 2.31. The van der Waals surface area contributed by atoms with Crippen LogP contribution in [0.3, 0.4) is 0 Å². The first-order valence-corrected chi connectivity index (χ1v) is 8.29. The van der Waals surface area contributed by atoms with Gasteiger partial charge in [0.1, 0.15) is 5.76 Å². The van der Waals surface area contributed by atoms with E-state index in [9.17, 15) is 0 Å². The molecule has 6 heteroatoms. The Morgan fingerprint density at radius 2 is 2.04 bits per heavy atom. The lowest BCUT2D eigenvalue weighted by Crippen LogP contribution is -2.04. The van der Waals surface area contributed by atoms with Crippen LogP contribution in [0, 0.1) is 18.3 Å². The average Bonchev–Trinajstić information content (AvgIpc) is 3.15. The van der Waals surface area contributed by atoms with Crippen molar-refractivity contribution in [3.05, 3.63) is 54.0 Å². The van der Waals surface area contributed by atoms with Crippen molar-refractivity contribution in [3.8, 4) is 17.5 Å². The lowest BCUT2D eigenvalue weighted by molar-refractivity contribution is 0.534. The predicted molar refractivity (Wildman–Crippen MR) is 89.0 cm³/mol. The summed E-state index contributed by atoms with van der Waals surface area (Å²) in [6, 6.07) is 14.3. The molecule has 0 aliphatic heterocycles. The summed E-state index contributed by atoms with van der Waals surface area (Å²) in [5.41, 5.74) is 2.12. The Bertz CT molecular complexity index is 817. The second kappa shape index (κ2) is 7.16. The quantitative estimate of drug-likeness (QED) is 0.508. The summed E-state index contributed by atoms with van der Waals surface area (Å²) in [5, 5.41) is 18.2. The smallest absolute Gasteiger partial charge is 0.191 e. The molecule has 1 aromatic carbocycles. The zero-order valence-electron chi connectivity index (χ0n) is 12.8. The summed E-state index contributed by atoms with van der Waals surface area (Å²) in [6.45, 7) is 2.60. The van der Waals surface area contributed by atoms with Gasteiger partial charge in [0.25, 0.3) is 0 Å². The molecule has 0 spiro atoms. The molecular formula is C17H16N4OS. The molecule has 5 nitrogen and oxygen atoms in total. The molecule has 2 heterocycles. The van der Waals surface area contributed by atoms with Gasteiger partial charge in [-0.05, 0) is 18.6 Å². The van der Waals surface area contributed by atoms with Crippen molar-refractivity contribution < 1.29 is 4.42 Å². The van der Waals surface area contributed by atoms with E-state index in [-0.39, 0.29) is 0 Å². The largest absolute Gasteiger partial charge is 0.469 e. The summed E-state index contributed by atoms with van der Waals surface area (Å²) >= 11 is 1.55. The van der Waals surface area contributed by atoms with Crippen molar-refractivity contribution in [2.45, 2.75) is 25.0 Å². The number of furan rings is 1. The topological polar surface area (TPSA) is 67.6 Å². The highest BCUT2D eigenvalue weighted by molar-refractivity contribution is 7.99. The van der Waals surface area contributed by atoms with Gasteiger partial charge in [0, 0.05) is 12.2 Å². The molecule has 0 N–H and O–H groups in total. The van der Waals surface area contributed by atoms with E-state index in [0.717, 1.165) is 22.3 Å². The monoisotopic (exact) mass is 324 g/mol. The maximum atomic E-state index is 8.72. The Labute approximate surface area is 139 Å². The zero-order chi connectivity index (χ0) is 16.1. The number of nitrogens with zero attached hydrogens (tertiary/aromatic N) is 4. The Morgan fingerprint density at radius 3 is 2.74 bits per heavy atom. The van der Waals surface area contributed by atoms with Crippen LogP contribution in [0.5, 0.6) is 0 Å². The van der Waals surface area contributed by atoms with Gasteiger partial charge in [-0.1, -0.05) is 42.1 Å². The van der Waals surface area contributed by atoms with Crippen molar-refractivity contribution in [1.82, 2.24) is 14.8 Å². The molecule has 0 amide bonds. The molecule has 0 radical (unpaired) electrons. The molecule has 2 aromatic heterocycles. The van der Waals surface area contributed by atoms with Crippen LogP contribution in [0.4, 0.5) is 0 Å². The summed E-state index contributed by atoms with van der Waals surface area (Å²) in [4.78, 5) is 0. The van der Waals surface area contributed by atoms with Crippen molar-refractivity contribution in [1.29, 1.82) is 5.26 Å². The molecule has 0 saturated carbocycles. The van der Waals surface area contributed by atoms with Gasteiger partial charge in [-0.15, -0.1) is 10.2 Å². The summed E-state index contributed by atoms with van der Waals surface area (Å²) in [5.74, 6) is 2.31. The fourth-order valence-corrected chi connectivity index (χ4v) is 3.09. The molecule has 0 unspecified atom stereocenters. The molecule has 0 aliphatic carbocycles. The minimum Gasteiger partial charge on any atom is -0.469 e. The number of benzene rings is 1. The molecule has 0 fully saturated rings. The molecule has 116 valence electrons. The third-order valence-corrected chi connectivity index (χ3v) is 4.41. The van der Waals surface area contributed by atoms with Gasteiger partial charge < -0.3 is 4.42 Å². The minimum atomic E-state index is 0.489. The molecule has 0 saturated heterocycles. The van der Waals surface area contributed by atoms with Gasteiger partial charge in [-0.3, -0.25) is 4.57 Å². The highest BCUT2D eigenvalue weighted by Crippen LogP contribution is 2.28. The molecular weight excluding hydrogens is 308 g/mol. The number of hydrogen-bond acceptors (Lipinski definition) is 5. The Morgan fingerprint density at radius 1 is 1.22 bits per heavy atom. The van der Waals surface area contributed by atoms with Crippen LogP contribution < -0.4 is 0 Å². The van der Waals surface area contributed by atoms with Crippen LogP contribution >= 0.6 is 11.8 Å². The van der Waals surface area contributed by atoms with Gasteiger partial charge in [-0.2, -0.15) is 5.26 Å². The standard InChI is InChI=1S/C17H16N4OS/c1-13-15(8-10-22-13)16-19-20-17(23-11-5-9-18)21(16)12-14-6-3-2-4-7-14/h2-4,6-8,10H,5,11-12H2,1H3. The summed E-state index contributed by atoms with van der Waals surface area (Å²) in [7, 11) is 0. The van der Waals surface area contributed by atoms with Crippen molar-refractivity contribution in [3.63, 3.8) is 0 Å². The molecule has 0 aliphatic rings. The van der Waals surface area contributed by atoms with Crippen LogP contribution in [0.1, 0.15) is 17.7 Å². The van der Waals surface area contributed by atoms with Crippen LogP contribution in [-0.2, 0) is 6.54 Å². The van der Waals surface area contributed by atoms with E-state index in [4.69, 9.17) is 9.68 Å². The lowest BCUT2D eigenvalue weighted by Gasteiger charge is -2.09. The van der Waals surface area contributed by atoms with E-state index in [1.807, 2.05) is 31.2 Å². The molecule has 3 aromatic rings. The Balaban J connectivity index is 1.96. The normalized spacial score (nSPS) is 10.6. The third-order valence-electron chi connectivity index (χ3n) is 3.45. The lowest BCUT2D eigenvalue weighted by atomic mass is 10.2. The second-order valence-electron chi connectivity index (χ2n) is 5.02. The molecule has 23 heavy (non-hydrogen) atoms. The average molecular weight is 324 g/mol.